The van der Waals surface area contributed by atoms with Crippen LogP contribution in [-0.4, -0.2) is 15.5 Å². The molecule has 3 aromatic rings. The molecule has 3 N–H and O–H groups in total. The van der Waals surface area contributed by atoms with Gasteiger partial charge in [-0.15, -0.1) is 0 Å². The van der Waals surface area contributed by atoms with Crippen LogP contribution in [0.15, 0.2) is 30.3 Å². The van der Waals surface area contributed by atoms with Gasteiger partial charge in [0, 0.05) is 0 Å². The molecular formula is C20H22FIN3S-. The first-order chi connectivity index (χ1) is 12.5. The van der Waals surface area contributed by atoms with Crippen LogP contribution < -0.4 is 32.3 Å². The van der Waals surface area contributed by atoms with Gasteiger partial charge < -0.3 is 0 Å². The topological polar surface area (TPSA) is 50.9 Å². The standard InChI is InChI=1S/C20H22FIN3S/c1-11(23)7-18-12(2)19-20(26-18)17(8-16(25-19)15-9-22-15)24-10-13-5-3-4-6-14(13)21/h3-6,8,11,15H,7,9-10,23H2,1-2H3,(H,24,25)/q-1/t11-,15?/m0/s1. The number of hydrogen-bond donors (Lipinski definition) is 2. The number of alkyl halides is 2. The van der Waals surface area contributed by atoms with E-state index in [1.165, 1.54) is 26.6 Å². The molecule has 0 amide bonds. The van der Waals surface area contributed by atoms with Crippen LogP contribution in [-0.2, 0) is 13.0 Å². The maximum atomic E-state index is 14.0. The van der Waals surface area contributed by atoms with E-state index in [-0.39, 0.29) is 33.1 Å². The molecule has 2 atom stereocenters. The van der Waals surface area contributed by atoms with Gasteiger partial charge in [0.1, 0.15) is 0 Å². The van der Waals surface area contributed by atoms with Crippen LogP contribution in [0.5, 0.6) is 0 Å². The van der Waals surface area contributed by atoms with Crippen molar-refractivity contribution in [2.75, 3.05) is 9.74 Å². The Balaban J connectivity index is 1.72. The summed E-state index contributed by atoms with van der Waals surface area (Å²) in [6, 6.07) is 9.25. The van der Waals surface area contributed by atoms with Crippen molar-refractivity contribution in [3.63, 3.8) is 0 Å². The van der Waals surface area contributed by atoms with Gasteiger partial charge in [-0.1, -0.05) is 0 Å². The average Bonchev–Trinajstić information content (AvgIpc) is 3.41. The number of benzene rings is 1. The normalized spacial score (nSPS) is 17.8. The number of aromatic nitrogens is 1. The van der Waals surface area contributed by atoms with Gasteiger partial charge >= 0.3 is 168 Å². The Morgan fingerprint density at radius 2 is 2.19 bits per heavy atom. The number of aryl methyl sites for hydroxylation is 1. The van der Waals surface area contributed by atoms with E-state index in [1.807, 2.05) is 19.1 Å². The summed E-state index contributed by atoms with van der Waals surface area (Å²) in [5.41, 5.74) is 11.3. The number of anilines is 1. The van der Waals surface area contributed by atoms with E-state index >= 15 is 0 Å². The molecule has 1 aliphatic rings. The molecule has 138 valence electrons. The number of rotatable bonds is 6. The zero-order valence-electron chi connectivity index (χ0n) is 14.9. The number of halogens is 2. The first-order valence-electron chi connectivity index (χ1n) is 8.76. The second-order valence-electron chi connectivity index (χ2n) is 6.83. The van der Waals surface area contributed by atoms with Crippen LogP contribution >= 0.6 is 11.3 Å². The van der Waals surface area contributed by atoms with Gasteiger partial charge in [-0.3, -0.25) is 0 Å². The number of hydrogen-bond acceptors (Lipinski definition) is 4. The van der Waals surface area contributed by atoms with Crippen molar-refractivity contribution < 1.29 is 25.6 Å². The Bertz CT molecular complexity index is 950. The second kappa shape index (κ2) is 7.40. The molecule has 1 unspecified atom stereocenters. The molecule has 1 aromatic carbocycles. The summed E-state index contributed by atoms with van der Waals surface area (Å²) in [7, 11) is 0. The molecule has 0 aliphatic carbocycles. The minimum absolute atomic E-state index is 0.130. The molecule has 0 radical (unpaired) electrons. The fourth-order valence-corrected chi connectivity index (χ4v) is 5.91. The van der Waals surface area contributed by atoms with Crippen molar-refractivity contribution in [3.8, 4) is 0 Å². The van der Waals surface area contributed by atoms with E-state index in [9.17, 15) is 4.39 Å². The van der Waals surface area contributed by atoms with Gasteiger partial charge in [0.05, 0.1) is 0 Å². The third kappa shape index (κ3) is 3.73. The Kier molecular flexibility index (Phi) is 5.16. The molecule has 1 aliphatic heterocycles. The molecule has 1 fully saturated rings. The predicted molar refractivity (Wildman–Crippen MR) is 103 cm³/mol. The Labute approximate surface area is 167 Å². The summed E-state index contributed by atoms with van der Waals surface area (Å²) < 4.78 is 17.1. The van der Waals surface area contributed by atoms with E-state index in [4.69, 9.17) is 10.7 Å². The molecule has 2 aromatic heterocycles. The van der Waals surface area contributed by atoms with Crippen LogP contribution in [0.4, 0.5) is 10.1 Å². The Morgan fingerprint density at radius 3 is 2.88 bits per heavy atom. The fraction of sp³-hybridized carbons (Fsp3) is 0.350. The van der Waals surface area contributed by atoms with E-state index in [0.29, 0.717) is 16.0 Å². The van der Waals surface area contributed by atoms with Gasteiger partial charge in [-0.05, 0) is 0 Å². The van der Waals surface area contributed by atoms with E-state index in [1.54, 1.807) is 17.4 Å². The number of fused-ring (bicyclic) bond motifs is 1. The van der Waals surface area contributed by atoms with Crippen LogP contribution in [0.1, 0.15) is 32.5 Å². The fourth-order valence-electron chi connectivity index (χ4n) is 3.06. The molecule has 1 saturated heterocycles. The first kappa shape index (κ1) is 18.1. The number of thiophene rings is 1. The van der Waals surface area contributed by atoms with Crippen molar-refractivity contribution in [2.24, 2.45) is 5.73 Å². The summed E-state index contributed by atoms with van der Waals surface area (Å²) in [5, 5.41) is 3.47. The van der Waals surface area contributed by atoms with Crippen LogP contribution in [0, 0.1) is 12.7 Å². The molecule has 0 bridgehead atoms. The van der Waals surface area contributed by atoms with E-state index in [2.05, 4.69) is 18.3 Å². The van der Waals surface area contributed by atoms with Crippen molar-refractivity contribution in [1.29, 1.82) is 0 Å². The van der Waals surface area contributed by atoms with Crippen LogP contribution in [0.25, 0.3) is 10.2 Å². The SMILES string of the molecule is Cc1c(C[C@H](C)N)sc2c(NCc3ccccc3F)cc(C3C[I-]3)nc12. The molecule has 6 heteroatoms. The summed E-state index contributed by atoms with van der Waals surface area (Å²) in [5.74, 6) is -0.168. The second-order valence-corrected chi connectivity index (χ2v) is 11.2. The van der Waals surface area contributed by atoms with E-state index in [0.717, 1.165) is 22.3 Å². The first-order valence-corrected chi connectivity index (χ1v) is 12.3. The molecule has 3 heterocycles. The van der Waals surface area contributed by atoms with Gasteiger partial charge in [-0.25, -0.2) is 0 Å². The van der Waals surface area contributed by atoms with Crippen molar-refractivity contribution in [2.45, 2.75) is 36.8 Å². The average molecular weight is 482 g/mol. The molecular weight excluding hydrogens is 460 g/mol. The van der Waals surface area contributed by atoms with Gasteiger partial charge in [0.2, 0.25) is 0 Å². The summed E-state index contributed by atoms with van der Waals surface area (Å²) in [6.45, 7) is 4.66. The maximum absolute atomic E-state index is 14.0. The summed E-state index contributed by atoms with van der Waals surface area (Å²) in [4.78, 5) is 6.29. The quantitative estimate of drug-likeness (QED) is 0.413. The molecule has 26 heavy (non-hydrogen) atoms. The molecule has 3 nitrogen and oxygen atoms in total. The molecule has 0 saturated carbocycles. The number of nitrogens with zero attached hydrogens (tertiary/aromatic N) is 1. The minimum atomic E-state index is -0.168. The monoisotopic (exact) mass is 482 g/mol. The predicted octanol–water partition coefficient (Wildman–Crippen LogP) is 1.39. The third-order valence-corrected chi connectivity index (χ3v) is 8.29. The molecule has 0 spiro atoms. The van der Waals surface area contributed by atoms with Crippen molar-refractivity contribution in [1.82, 2.24) is 4.98 Å². The zero-order chi connectivity index (χ0) is 18.3. The Morgan fingerprint density at radius 1 is 1.42 bits per heavy atom. The van der Waals surface area contributed by atoms with E-state index < -0.39 is 0 Å². The number of nitrogens with one attached hydrogen (secondary N) is 1. The van der Waals surface area contributed by atoms with Crippen molar-refractivity contribution >= 4 is 27.2 Å². The zero-order valence-corrected chi connectivity index (χ0v) is 17.8. The number of nitrogens with two attached hydrogens (primary N) is 1. The van der Waals surface area contributed by atoms with Crippen LogP contribution in [0.3, 0.4) is 0 Å². The van der Waals surface area contributed by atoms with Gasteiger partial charge in [-0.2, -0.15) is 0 Å². The molecule has 4 rings (SSSR count). The van der Waals surface area contributed by atoms with Gasteiger partial charge in [0.25, 0.3) is 0 Å². The summed E-state index contributed by atoms with van der Waals surface area (Å²) >= 11 is 2.05. The summed E-state index contributed by atoms with van der Waals surface area (Å²) in [6.07, 6.45) is 0.866. The van der Waals surface area contributed by atoms with Crippen LogP contribution in [0.2, 0.25) is 0 Å². The van der Waals surface area contributed by atoms with Crippen molar-refractivity contribution in [3.05, 3.63) is 57.8 Å². The van der Waals surface area contributed by atoms with Gasteiger partial charge in [0.15, 0.2) is 0 Å². The number of pyridine rings is 1. The Hall–Kier alpha value is -1.25. The third-order valence-electron chi connectivity index (χ3n) is 4.56.